The molecule has 0 bridgehead atoms. The van der Waals surface area contributed by atoms with Crippen LogP contribution in [0, 0.1) is 11.3 Å². The summed E-state index contributed by atoms with van der Waals surface area (Å²) < 4.78 is 5.45. The maximum Gasteiger partial charge on any atom is 0.0594 e. The molecule has 0 radical (unpaired) electrons. The first-order chi connectivity index (χ1) is 9.73. The molecule has 2 atom stereocenters. The maximum absolute atomic E-state index is 5.45. The molecule has 3 heterocycles. The van der Waals surface area contributed by atoms with Crippen molar-refractivity contribution >= 4 is 12.4 Å². The van der Waals surface area contributed by atoms with E-state index in [1.54, 1.807) is 0 Å². The van der Waals surface area contributed by atoms with Crippen molar-refractivity contribution in [3.63, 3.8) is 0 Å². The van der Waals surface area contributed by atoms with Gasteiger partial charge >= 0.3 is 0 Å². The molecule has 0 amide bonds. The van der Waals surface area contributed by atoms with Crippen LogP contribution in [-0.4, -0.2) is 75.4 Å². The quantitative estimate of drug-likeness (QED) is 0.849. The van der Waals surface area contributed by atoms with E-state index in [4.69, 9.17) is 4.74 Å². The molecular formula is C16H32ClN3O. The molecule has 3 rings (SSSR count). The topological polar surface area (TPSA) is 27.7 Å². The summed E-state index contributed by atoms with van der Waals surface area (Å²) in [6.45, 7) is 14.2. The predicted molar refractivity (Wildman–Crippen MR) is 89.3 cm³/mol. The molecule has 3 aliphatic rings. The van der Waals surface area contributed by atoms with Gasteiger partial charge in [0.05, 0.1) is 13.2 Å². The third kappa shape index (κ3) is 5.07. The highest BCUT2D eigenvalue weighted by molar-refractivity contribution is 5.85. The van der Waals surface area contributed by atoms with Crippen molar-refractivity contribution in [1.29, 1.82) is 0 Å². The molecule has 3 aliphatic heterocycles. The van der Waals surface area contributed by atoms with E-state index in [0.29, 0.717) is 5.41 Å². The summed E-state index contributed by atoms with van der Waals surface area (Å²) in [7, 11) is 0. The minimum Gasteiger partial charge on any atom is -0.379 e. The Balaban J connectivity index is 0.00000161. The van der Waals surface area contributed by atoms with Crippen molar-refractivity contribution < 1.29 is 4.74 Å². The molecule has 0 saturated carbocycles. The van der Waals surface area contributed by atoms with Crippen molar-refractivity contribution in [3.8, 4) is 0 Å². The SMILES string of the molecule is CC1(CN2CCC[C@H](CN3CCOCC3)C2)CCNC1.Cl. The highest BCUT2D eigenvalue weighted by atomic mass is 35.5. The summed E-state index contributed by atoms with van der Waals surface area (Å²) in [5.41, 5.74) is 0.515. The van der Waals surface area contributed by atoms with Gasteiger partial charge in [-0.05, 0) is 43.7 Å². The molecule has 4 nitrogen and oxygen atoms in total. The van der Waals surface area contributed by atoms with Gasteiger partial charge in [-0.2, -0.15) is 0 Å². The molecule has 0 aromatic carbocycles. The van der Waals surface area contributed by atoms with Crippen LogP contribution in [0.2, 0.25) is 0 Å². The molecule has 0 aliphatic carbocycles. The zero-order valence-corrected chi connectivity index (χ0v) is 14.3. The molecular weight excluding hydrogens is 286 g/mol. The fraction of sp³-hybridized carbons (Fsp3) is 1.00. The molecule has 1 N–H and O–H groups in total. The van der Waals surface area contributed by atoms with Crippen molar-refractivity contribution in [2.75, 3.05) is 65.6 Å². The number of hydrogen-bond donors (Lipinski definition) is 1. The van der Waals surface area contributed by atoms with Gasteiger partial charge in [0.1, 0.15) is 0 Å². The number of halogens is 1. The Labute approximate surface area is 136 Å². The predicted octanol–water partition coefficient (Wildman–Crippen LogP) is 1.45. The zero-order valence-electron chi connectivity index (χ0n) is 13.5. The Morgan fingerprint density at radius 3 is 2.71 bits per heavy atom. The normalized spacial score (nSPS) is 35.6. The molecule has 5 heteroatoms. The van der Waals surface area contributed by atoms with Crippen LogP contribution in [0.1, 0.15) is 26.2 Å². The summed E-state index contributed by atoms with van der Waals surface area (Å²) in [6, 6.07) is 0. The lowest BCUT2D eigenvalue weighted by Crippen LogP contribution is -2.47. The number of likely N-dealkylation sites (tertiary alicyclic amines) is 1. The van der Waals surface area contributed by atoms with E-state index < -0.39 is 0 Å². The van der Waals surface area contributed by atoms with E-state index in [1.165, 1.54) is 58.5 Å². The second-order valence-electron chi connectivity index (χ2n) is 7.39. The molecule has 1 unspecified atom stereocenters. The molecule has 0 aromatic heterocycles. The minimum absolute atomic E-state index is 0. The highest BCUT2D eigenvalue weighted by Crippen LogP contribution is 2.28. The molecule has 0 spiro atoms. The fourth-order valence-corrected chi connectivity index (χ4v) is 4.14. The Morgan fingerprint density at radius 2 is 2.00 bits per heavy atom. The first-order valence-corrected chi connectivity index (χ1v) is 8.47. The Bertz CT molecular complexity index is 304. The Morgan fingerprint density at radius 1 is 1.19 bits per heavy atom. The molecule has 21 heavy (non-hydrogen) atoms. The lowest BCUT2D eigenvalue weighted by atomic mass is 9.87. The summed E-state index contributed by atoms with van der Waals surface area (Å²) >= 11 is 0. The van der Waals surface area contributed by atoms with Gasteiger partial charge in [0.25, 0.3) is 0 Å². The monoisotopic (exact) mass is 317 g/mol. The number of piperidine rings is 1. The van der Waals surface area contributed by atoms with Gasteiger partial charge in [0, 0.05) is 39.3 Å². The standard InChI is InChI=1S/C16H31N3O.ClH/c1-16(4-5-17-13-16)14-19-6-2-3-15(12-19)11-18-7-9-20-10-8-18;/h15,17H,2-14H2,1H3;1H/t15-,16?;/m1./s1. The number of nitrogens with zero attached hydrogens (tertiary/aromatic N) is 2. The van der Waals surface area contributed by atoms with E-state index in [2.05, 4.69) is 22.0 Å². The fourth-order valence-electron chi connectivity index (χ4n) is 4.14. The first kappa shape index (κ1) is 17.5. The summed E-state index contributed by atoms with van der Waals surface area (Å²) in [4.78, 5) is 5.35. The van der Waals surface area contributed by atoms with E-state index in [1.807, 2.05) is 0 Å². The third-order valence-corrected chi connectivity index (χ3v) is 5.29. The number of hydrogen-bond acceptors (Lipinski definition) is 4. The molecule has 124 valence electrons. The summed E-state index contributed by atoms with van der Waals surface area (Å²) in [5, 5.41) is 3.53. The zero-order chi connectivity index (χ0) is 13.8. The van der Waals surface area contributed by atoms with E-state index in [-0.39, 0.29) is 12.4 Å². The van der Waals surface area contributed by atoms with Crippen molar-refractivity contribution in [1.82, 2.24) is 15.1 Å². The molecule has 3 saturated heterocycles. The Hall–Kier alpha value is 0.130. The Kier molecular flexibility index (Phi) is 6.76. The van der Waals surface area contributed by atoms with Crippen LogP contribution in [0.5, 0.6) is 0 Å². The number of rotatable bonds is 4. The van der Waals surface area contributed by atoms with E-state index >= 15 is 0 Å². The lowest BCUT2D eigenvalue weighted by Gasteiger charge is -2.39. The summed E-state index contributed by atoms with van der Waals surface area (Å²) in [6.07, 6.45) is 4.15. The van der Waals surface area contributed by atoms with Crippen LogP contribution >= 0.6 is 12.4 Å². The van der Waals surface area contributed by atoms with Crippen molar-refractivity contribution in [2.24, 2.45) is 11.3 Å². The van der Waals surface area contributed by atoms with Crippen molar-refractivity contribution in [3.05, 3.63) is 0 Å². The van der Waals surface area contributed by atoms with Gasteiger partial charge in [-0.3, -0.25) is 4.90 Å². The van der Waals surface area contributed by atoms with E-state index in [9.17, 15) is 0 Å². The number of ether oxygens (including phenoxy) is 1. The average Bonchev–Trinajstić information content (AvgIpc) is 2.87. The van der Waals surface area contributed by atoms with Gasteiger partial charge in [0.2, 0.25) is 0 Å². The summed E-state index contributed by atoms with van der Waals surface area (Å²) in [5.74, 6) is 0.875. The van der Waals surface area contributed by atoms with Gasteiger partial charge in [-0.1, -0.05) is 6.92 Å². The van der Waals surface area contributed by atoms with Gasteiger partial charge in [0.15, 0.2) is 0 Å². The molecule has 3 fully saturated rings. The number of nitrogens with one attached hydrogen (secondary N) is 1. The average molecular weight is 318 g/mol. The van der Waals surface area contributed by atoms with Gasteiger partial charge in [-0.25, -0.2) is 0 Å². The third-order valence-electron chi connectivity index (χ3n) is 5.29. The van der Waals surface area contributed by atoms with Gasteiger partial charge in [-0.15, -0.1) is 12.4 Å². The maximum atomic E-state index is 5.45. The minimum atomic E-state index is 0. The van der Waals surface area contributed by atoms with Crippen LogP contribution in [0.15, 0.2) is 0 Å². The lowest BCUT2D eigenvalue weighted by molar-refractivity contribution is 0.0203. The van der Waals surface area contributed by atoms with E-state index in [0.717, 1.165) is 32.2 Å². The smallest absolute Gasteiger partial charge is 0.0594 e. The van der Waals surface area contributed by atoms with Crippen LogP contribution in [0.4, 0.5) is 0 Å². The molecule has 0 aromatic rings. The van der Waals surface area contributed by atoms with Crippen LogP contribution in [0.25, 0.3) is 0 Å². The largest absolute Gasteiger partial charge is 0.379 e. The first-order valence-electron chi connectivity index (χ1n) is 8.47. The number of morpholine rings is 1. The van der Waals surface area contributed by atoms with Crippen molar-refractivity contribution in [2.45, 2.75) is 26.2 Å². The van der Waals surface area contributed by atoms with Crippen LogP contribution in [0.3, 0.4) is 0 Å². The van der Waals surface area contributed by atoms with Crippen LogP contribution in [-0.2, 0) is 4.74 Å². The van der Waals surface area contributed by atoms with Gasteiger partial charge < -0.3 is 15.0 Å². The highest BCUT2D eigenvalue weighted by Gasteiger charge is 2.32. The second kappa shape index (κ2) is 8.11. The second-order valence-corrected chi connectivity index (χ2v) is 7.39. The van der Waals surface area contributed by atoms with Crippen LogP contribution < -0.4 is 5.32 Å².